The van der Waals surface area contributed by atoms with E-state index in [4.69, 9.17) is 0 Å². The highest BCUT2D eigenvalue weighted by Crippen LogP contribution is 2.25. The Kier molecular flexibility index (Phi) is 5.28. The van der Waals surface area contributed by atoms with Gasteiger partial charge in [0.05, 0.1) is 0 Å². The predicted octanol–water partition coefficient (Wildman–Crippen LogP) is 4.00. The summed E-state index contributed by atoms with van der Waals surface area (Å²) in [4.78, 5) is 24.0. The van der Waals surface area contributed by atoms with Gasteiger partial charge in [0.2, 0.25) is 5.91 Å². The van der Waals surface area contributed by atoms with E-state index in [9.17, 15) is 9.59 Å². The van der Waals surface area contributed by atoms with Crippen LogP contribution in [0, 0.1) is 0 Å². The molecule has 0 amide bonds. The zero-order chi connectivity index (χ0) is 15.2. The van der Waals surface area contributed by atoms with Crippen LogP contribution >= 0.6 is 15.9 Å². The molecule has 0 radical (unpaired) electrons. The summed E-state index contributed by atoms with van der Waals surface area (Å²) in [6.07, 6.45) is 4.28. The summed E-state index contributed by atoms with van der Waals surface area (Å²) in [5.74, 6) is -0.175. The van der Waals surface area contributed by atoms with E-state index in [1.807, 2.05) is 24.3 Å². The fraction of sp³-hybridized carbons (Fsp3) is 0.176. The third-order valence-corrected chi connectivity index (χ3v) is 3.83. The van der Waals surface area contributed by atoms with Crippen LogP contribution in [0.1, 0.15) is 29.1 Å². The maximum absolute atomic E-state index is 12.3. The Bertz CT molecular complexity index is 688. The van der Waals surface area contributed by atoms with E-state index in [-0.39, 0.29) is 23.8 Å². The van der Waals surface area contributed by atoms with Crippen LogP contribution in [-0.4, -0.2) is 10.5 Å². The number of allylic oxidation sites excluding steroid dienone is 1. The molecule has 0 aliphatic carbocycles. The third-order valence-electron chi connectivity index (χ3n) is 3.30. The highest BCUT2D eigenvalue weighted by atomic mass is 79.9. The molecule has 3 nitrogen and oxygen atoms in total. The van der Waals surface area contributed by atoms with Gasteiger partial charge in [-0.1, -0.05) is 40.2 Å². The van der Waals surface area contributed by atoms with Crippen molar-refractivity contribution < 1.29 is 4.79 Å². The number of aromatic nitrogens is 1. The van der Waals surface area contributed by atoms with Crippen molar-refractivity contribution in [2.45, 2.75) is 18.8 Å². The van der Waals surface area contributed by atoms with E-state index >= 15 is 0 Å². The lowest BCUT2D eigenvalue weighted by Gasteiger charge is -2.15. The van der Waals surface area contributed by atoms with Gasteiger partial charge in [-0.3, -0.25) is 14.2 Å². The Hall–Kier alpha value is -1.94. The first kappa shape index (κ1) is 15.4. The number of carbonyl (C=O) groups excluding carboxylic acids is 1. The first-order chi connectivity index (χ1) is 10.1. The van der Waals surface area contributed by atoms with Crippen LogP contribution in [0.25, 0.3) is 0 Å². The van der Waals surface area contributed by atoms with Crippen LogP contribution in [0.4, 0.5) is 0 Å². The summed E-state index contributed by atoms with van der Waals surface area (Å²) < 4.78 is 2.16. The van der Waals surface area contributed by atoms with E-state index in [1.54, 1.807) is 18.2 Å². The lowest BCUT2D eigenvalue weighted by Crippen LogP contribution is -2.26. The second-order valence-corrected chi connectivity index (χ2v) is 5.70. The average Bonchev–Trinajstić information content (AvgIpc) is 2.48. The van der Waals surface area contributed by atoms with E-state index in [2.05, 4.69) is 22.5 Å². The van der Waals surface area contributed by atoms with Crippen molar-refractivity contribution in [3.8, 4) is 0 Å². The molecule has 0 aliphatic heterocycles. The molecule has 1 aromatic carbocycles. The topological polar surface area (TPSA) is 39.1 Å². The number of pyridine rings is 1. The van der Waals surface area contributed by atoms with E-state index in [0.29, 0.717) is 6.42 Å². The fourth-order valence-electron chi connectivity index (χ4n) is 2.22. The smallest absolute Gasteiger partial charge is 0.257 e. The second-order valence-electron chi connectivity index (χ2n) is 4.78. The molecule has 108 valence electrons. The van der Waals surface area contributed by atoms with Gasteiger partial charge in [0.25, 0.3) is 5.56 Å². The molecule has 2 rings (SSSR count). The van der Waals surface area contributed by atoms with Crippen LogP contribution in [0.5, 0.6) is 0 Å². The first-order valence-corrected chi connectivity index (χ1v) is 7.48. The number of rotatable bonds is 5. The molecule has 1 unspecified atom stereocenters. The van der Waals surface area contributed by atoms with Crippen molar-refractivity contribution in [1.82, 2.24) is 4.57 Å². The quantitative estimate of drug-likeness (QED) is 0.768. The lowest BCUT2D eigenvalue weighted by molar-refractivity contribution is 0.0888. The fourth-order valence-corrected chi connectivity index (χ4v) is 2.48. The number of hydrogen-bond acceptors (Lipinski definition) is 2. The summed E-state index contributed by atoms with van der Waals surface area (Å²) in [5.41, 5.74) is 0.770. The molecule has 0 fully saturated rings. The van der Waals surface area contributed by atoms with Crippen molar-refractivity contribution >= 4 is 21.8 Å². The summed E-state index contributed by atoms with van der Waals surface area (Å²) in [6, 6.07) is 12.6. The molecule has 0 N–H and O–H groups in total. The molecule has 1 heterocycles. The van der Waals surface area contributed by atoms with Crippen molar-refractivity contribution in [2.24, 2.45) is 0 Å². The van der Waals surface area contributed by atoms with Gasteiger partial charge in [0.15, 0.2) is 0 Å². The highest BCUT2D eigenvalue weighted by molar-refractivity contribution is 9.10. The summed E-state index contributed by atoms with van der Waals surface area (Å²) in [6.45, 7) is 3.75. The summed E-state index contributed by atoms with van der Waals surface area (Å²) >= 11 is 3.40. The number of halogens is 1. The van der Waals surface area contributed by atoms with Crippen molar-refractivity contribution in [3.63, 3.8) is 0 Å². The van der Waals surface area contributed by atoms with E-state index in [0.717, 1.165) is 14.6 Å². The largest absolute Gasteiger partial charge is 0.274 e. The van der Waals surface area contributed by atoms with Gasteiger partial charge in [0, 0.05) is 23.2 Å². The second kappa shape index (κ2) is 7.18. The summed E-state index contributed by atoms with van der Waals surface area (Å²) in [5, 5.41) is 0. The maximum atomic E-state index is 12.3. The molecule has 0 aliphatic rings. The SMILES string of the molecule is C=CCC(CC(=O)n1ccccc1=O)c1ccc(Br)cc1. The Labute approximate surface area is 132 Å². The monoisotopic (exact) mass is 345 g/mol. The molecule has 0 saturated carbocycles. The Morgan fingerprint density at radius 1 is 1.24 bits per heavy atom. The average molecular weight is 346 g/mol. The lowest BCUT2D eigenvalue weighted by atomic mass is 9.92. The van der Waals surface area contributed by atoms with Crippen LogP contribution in [-0.2, 0) is 0 Å². The predicted molar refractivity (Wildman–Crippen MR) is 87.6 cm³/mol. The Balaban J connectivity index is 2.22. The van der Waals surface area contributed by atoms with E-state index < -0.39 is 0 Å². The van der Waals surface area contributed by atoms with Gasteiger partial charge in [-0.25, -0.2) is 0 Å². The van der Waals surface area contributed by atoms with E-state index in [1.165, 1.54) is 12.3 Å². The maximum Gasteiger partial charge on any atom is 0.257 e. The highest BCUT2D eigenvalue weighted by Gasteiger charge is 2.16. The molecule has 0 saturated heterocycles. The molecular formula is C17H16BrNO2. The molecule has 21 heavy (non-hydrogen) atoms. The van der Waals surface area contributed by atoms with Crippen molar-refractivity contribution in [1.29, 1.82) is 0 Å². The van der Waals surface area contributed by atoms with Crippen LogP contribution in [0.3, 0.4) is 0 Å². The molecule has 0 spiro atoms. The van der Waals surface area contributed by atoms with Crippen LogP contribution < -0.4 is 5.56 Å². The minimum absolute atomic E-state index is 0.0233. The van der Waals surface area contributed by atoms with Gasteiger partial charge < -0.3 is 0 Å². The minimum atomic E-state index is -0.296. The van der Waals surface area contributed by atoms with Gasteiger partial charge in [-0.05, 0) is 36.1 Å². The van der Waals surface area contributed by atoms with Gasteiger partial charge >= 0.3 is 0 Å². The van der Waals surface area contributed by atoms with Gasteiger partial charge in [-0.2, -0.15) is 0 Å². The molecule has 0 bridgehead atoms. The number of nitrogens with zero attached hydrogens (tertiary/aromatic N) is 1. The molecule has 4 heteroatoms. The number of hydrogen-bond donors (Lipinski definition) is 0. The Morgan fingerprint density at radius 3 is 2.57 bits per heavy atom. The molecule has 2 aromatic rings. The molecule has 1 atom stereocenters. The first-order valence-electron chi connectivity index (χ1n) is 6.69. The van der Waals surface area contributed by atoms with Crippen molar-refractivity contribution in [2.75, 3.05) is 0 Å². The Morgan fingerprint density at radius 2 is 1.95 bits per heavy atom. The molecule has 1 aromatic heterocycles. The standard InChI is InChI=1S/C17H16BrNO2/c1-2-5-14(13-7-9-15(18)10-8-13)12-17(21)19-11-4-3-6-16(19)20/h2-4,6-11,14H,1,5,12H2. The number of benzene rings is 1. The number of carbonyl (C=O) groups is 1. The zero-order valence-electron chi connectivity index (χ0n) is 11.5. The van der Waals surface area contributed by atoms with Gasteiger partial charge in [-0.15, -0.1) is 6.58 Å². The van der Waals surface area contributed by atoms with Crippen molar-refractivity contribution in [3.05, 3.63) is 81.7 Å². The van der Waals surface area contributed by atoms with Crippen LogP contribution in [0.2, 0.25) is 0 Å². The molecular weight excluding hydrogens is 330 g/mol. The third kappa shape index (κ3) is 4.02. The minimum Gasteiger partial charge on any atom is -0.274 e. The zero-order valence-corrected chi connectivity index (χ0v) is 13.1. The van der Waals surface area contributed by atoms with Gasteiger partial charge in [0.1, 0.15) is 0 Å². The normalized spacial score (nSPS) is 11.9. The summed E-state index contributed by atoms with van der Waals surface area (Å²) in [7, 11) is 0. The van der Waals surface area contributed by atoms with Crippen LogP contribution in [0.15, 0.2) is 70.6 Å².